The number of hydrogen-bond donors (Lipinski definition) is 2. The van der Waals surface area contributed by atoms with Gasteiger partial charge in [-0.1, -0.05) is 0 Å². The summed E-state index contributed by atoms with van der Waals surface area (Å²) in [6.45, 7) is 3.49. The summed E-state index contributed by atoms with van der Waals surface area (Å²) in [7, 11) is 0. The lowest BCUT2D eigenvalue weighted by Crippen LogP contribution is -2.52. The molecule has 4 bridgehead atoms. The molecule has 0 radical (unpaired) electrons. The summed E-state index contributed by atoms with van der Waals surface area (Å²) in [5.41, 5.74) is 0. The highest BCUT2D eigenvalue weighted by Crippen LogP contribution is 2.57. The lowest BCUT2D eigenvalue weighted by molar-refractivity contribution is -0.0489. The standard InChI is InChI=1S/C14H25NS/c1-9(15-2-3-16)14-12-5-10-4-11(7-12)8-13(14)6-10/h9-16H,2-8H2,1H3. The van der Waals surface area contributed by atoms with Crippen LogP contribution >= 0.6 is 12.6 Å². The van der Waals surface area contributed by atoms with Gasteiger partial charge in [0.15, 0.2) is 0 Å². The van der Waals surface area contributed by atoms with Crippen molar-refractivity contribution in [1.82, 2.24) is 5.32 Å². The molecule has 16 heavy (non-hydrogen) atoms. The zero-order chi connectivity index (χ0) is 11.1. The molecule has 1 unspecified atom stereocenters. The summed E-state index contributed by atoms with van der Waals surface area (Å²) in [5.74, 6) is 6.27. The molecule has 0 aromatic carbocycles. The molecule has 4 rings (SSSR count). The molecule has 4 saturated carbocycles. The van der Waals surface area contributed by atoms with Crippen molar-refractivity contribution >= 4 is 12.6 Å². The van der Waals surface area contributed by atoms with Gasteiger partial charge in [-0.2, -0.15) is 12.6 Å². The quantitative estimate of drug-likeness (QED) is 0.719. The van der Waals surface area contributed by atoms with Gasteiger partial charge in [0.1, 0.15) is 0 Å². The summed E-state index contributed by atoms with van der Waals surface area (Å²) in [6, 6.07) is 0.724. The van der Waals surface area contributed by atoms with Gasteiger partial charge in [-0.05, 0) is 68.6 Å². The van der Waals surface area contributed by atoms with Crippen molar-refractivity contribution in [1.29, 1.82) is 0 Å². The van der Waals surface area contributed by atoms with E-state index in [1.165, 1.54) is 0 Å². The predicted octanol–water partition coefficient (Wildman–Crippen LogP) is 2.97. The first-order valence-electron chi connectivity index (χ1n) is 7.12. The molecule has 4 fully saturated rings. The lowest BCUT2D eigenvalue weighted by atomic mass is 9.50. The summed E-state index contributed by atoms with van der Waals surface area (Å²) in [5, 5.41) is 3.68. The second-order valence-corrected chi connectivity index (χ2v) is 6.92. The van der Waals surface area contributed by atoms with E-state index in [4.69, 9.17) is 0 Å². The van der Waals surface area contributed by atoms with E-state index in [2.05, 4.69) is 24.9 Å². The van der Waals surface area contributed by atoms with Crippen LogP contribution in [0.2, 0.25) is 0 Å². The lowest BCUT2D eigenvalue weighted by Gasteiger charge is -2.56. The maximum atomic E-state index is 4.30. The normalized spacial score (nSPS) is 47.2. The minimum atomic E-state index is 0.724. The fourth-order valence-electron chi connectivity index (χ4n) is 5.21. The topological polar surface area (TPSA) is 12.0 Å². The van der Waals surface area contributed by atoms with Gasteiger partial charge in [0.25, 0.3) is 0 Å². The van der Waals surface area contributed by atoms with Crippen molar-refractivity contribution < 1.29 is 0 Å². The summed E-state index contributed by atoms with van der Waals surface area (Å²) in [6.07, 6.45) is 7.75. The van der Waals surface area contributed by atoms with Gasteiger partial charge in [-0.15, -0.1) is 0 Å². The monoisotopic (exact) mass is 239 g/mol. The third-order valence-corrected chi connectivity index (χ3v) is 5.68. The number of nitrogens with one attached hydrogen (secondary N) is 1. The van der Waals surface area contributed by atoms with Crippen LogP contribution in [-0.4, -0.2) is 18.3 Å². The molecular weight excluding hydrogens is 214 g/mol. The molecule has 1 atom stereocenters. The first-order valence-corrected chi connectivity index (χ1v) is 7.75. The van der Waals surface area contributed by atoms with Gasteiger partial charge in [-0.3, -0.25) is 0 Å². The largest absolute Gasteiger partial charge is 0.313 e. The van der Waals surface area contributed by atoms with Gasteiger partial charge in [0, 0.05) is 18.3 Å². The molecule has 0 aliphatic heterocycles. The Bertz CT molecular complexity index is 225. The van der Waals surface area contributed by atoms with E-state index in [1.807, 2.05) is 0 Å². The van der Waals surface area contributed by atoms with Gasteiger partial charge in [0.05, 0.1) is 0 Å². The zero-order valence-electron chi connectivity index (χ0n) is 10.4. The van der Waals surface area contributed by atoms with Crippen LogP contribution in [0.1, 0.15) is 39.0 Å². The number of rotatable bonds is 4. The van der Waals surface area contributed by atoms with Crippen LogP contribution in [0.3, 0.4) is 0 Å². The summed E-state index contributed by atoms with van der Waals surface area (Å²) < 4.78 is 0. The van der Waals surface area contributed by atoms with E-state index >= 15 is 0 Å². The number of hydrogen-bond acceptors (Lipinski definition) is 2. The Morgan fingerprint density at radius 2 is 1.62 bits per heavy atom. The van der Waals surface area contributed by atoms with Crippen molar-refractivity contribution in [3.63, 3.8) is 0 Å². The van der Waals surface area contributed by atoms with E-state index < -0.39 is 0 Å². The molecule has 1 N–H and O–H groups in total. The van der Waals surface area contributed by atoms with Crippen LogP contribution in [0.4, 0.5) is 0 Å². The molecule has 4 aliphatic rings. The van der Waals surface area contributed by atoms with Crippen LogP contribution in [-0.2, 0) is 0 Å². The Morgan fingerprint density at radius 1 is 1.06 bits per heavy atom. The maximum absolute atomic E-state index is 4.30. The van der Waals surface area contributed by atoms with Crippen molar-refractivity contribution in [3.05, 3.63) is 0 Å². The third-order valence-electron chi connectivity index (χ3n) is 5.46. The second-order valence-electron chi connectivity index (χ2n) is 6.47. The Balaban J connectivity index is 1.67. The maximum Gasteiger partial charge on any atom is 0.00726 e. The Morgan fingerprint density at radius 3 is 2.12 bits per heavy atom. The van der Waals surface area contributed by atoms with Crippen LogP contribution in [0.5, 0.6) is 0 Å². The van der Waals surface area contributed by atoms with Crippen LogP contribution in [0.25, 0.3) is 0 Å². The van der Waals surface area contributed by atoms with Gasteiger partial charge in [-0.25, -0.2) is 0 Å². The second kappa shape index (κ2) is 4.53. The minimum Gasteiger partial charge on any atom is -0.313 e. The van der Waals surface area contributed by atoms with E-state index in [1.54, 1.807) is 32.1 Å². The van der Waals surface area contributed by atoms with Crippen LogP contribution in [0.15, 0.2) is 0 Å². The van der Waals surface area contributed by atoms with Crippen molar-refractivity contribution in [2.24, 2.45) is 29.6 Å². The smallest absolute Gasteiger partial charge is 0.00726 e. The van der Waals surface area contributed by atoms with Crippen molar-refractivity contribution in [2.75, 3.05) is 12.3 Å². The zero-order valence-corrected chi connectivity index (χ0v) is 11.3. The average molecular weight is 239 g/mol. The molecule has 2 heteroatoms. The van der Waals surface area contributed by atoms with Crippen LogP contribution < -0.4 is 5.32 Å². The SMILES string of the molecule is CC(NCCS)C1C2CC3CC(C2)CC1C3. The molecule has 0 amide bonds. The van der Waals surface area contributed by atoms with E-state index in [0.717, 1.165) is 47.9 Å². The molecular formula is C14H25NS. The van der Waals surface area contributed by atoms with E-state index in [-0.39, 0.29) is 0 Å². The Hall–Kier alpha value is 0.310. The minimum absolute atomic E-state index is 0.724. The Kier molecular flexibility index (Phi) is 3.23. The molecule has 0 saturated heterocycles. The number of thiol groups is 1. The first kappa shape index (κ1) is 11.4. The molecule has 0 spiro atoms. The van der Waals surface area contributed by atoms with Gasteiger partial charge in [0.2, 0.25) is 0 Å². The third kappa shape index (κ3) is 1.92. The first-order chi connectivity index (χ1) is 7.78. The van der Waals surface area contributed by atoms with Crippen LogP contribution in [0, 0.1) is 29.6 Å². The highest BCUT2D eigenvalue weighted by Gasteiger charge is 2.49. The molecule has 4 aliphatic carbocycles. The highest BCUT2D eigenvalue weighted by molar-refractivity contribution is 7.80. The molecule has 92 valence electrons. The highest BCUT2D eigenvalue weighted by atomic mass is 32.1. The van der Waals surface area contributed by atoms with Gasteiger partial charge >= 0.3 is 0 Å². The van der Waals surface area contributed by atoms with Crippen molar-refractivity contribution in [2.45, 2.75) is 45.1 Å². The molecule has 0 heterocycles. The molecule has 0 aromatic rings. The fourth-order valence-corrected chi connectivity index (χ4v) is 5.34. The van der Waals surface area contributed by atoms with E-state index in [9.17, 15) is 0 Å². The molecule has 1 nitrogen and oxygen atoms in total. The summed E-state index contributed by atoms with van der Waals surface area (Å²) in [4.78, 5) is 0. The predicted molar refractivity (Wildman–Crippen MR) is 71.9 cm³/mol. The van der Waals surface area contributed by atoms with Gasteiger partial charge < -0.3 is 5.32 Å². The summed E-state index contributed by atoms with van der Waals surface area (Å²) >= 11 is 4.30. The van der Waals surface area contributed by atoms with E-state index in [0.29, 0.717) is 0 Å². The fraction of sp³-hybridized carbons (Fsp3) is 1.00. The average Bonchev–Trinajstić information content (AvgIpc) is 2.24. The Labute approximate surface area is 105 Å². The van der Waals surface area contributed by atoms with Crippen molar-refractivity contribution in [3.8, 4) is 0 Å². The molecule has 0 aromatic heterocycles.